The fourth-order valence-electron chi connectivity index (χ4n) is 2.71. The second kappa shape index (κ2) is 11.4. The summed E-state index contributed by atoms with van der Waals surface area (Å²) >= 11 is 0. The van der Waals surface area contributed by atoms with E-state index in [1.54, 1.807) is 7.05 Å². The van der Waals surface area contributed by atoms with E-state index in [1.165, 1.54) is 12.1 Å². The van der Waals surface area contributed by atoms with Crippen LogP contribution in [0.5, 0.6) is 5.75 Å². The Bertz CT molecular complexity index is 805. The number of hydrogen-bond donors (Lipinski definition) is 2. The molecule has 0 saturated heterocycles. The minimum Gasteiger partial charge on any atom is -0.492 e. The van der Waals surface area contributed by atoms with Gasteiger partial charge in [-0.15, -0.1) is 0 Å². The summed E-state index contributed by atoms with van der Waals surface area (Å²) in [6, 6.07) is 13.0. The Kier molecular flexibility index (Phi) is 8.98. The zero-order chi connectivity index (χ0) is 22.0. The zero-order valence-electron chi connectivity index (χ0n) is 17.6. The Hall–Kier alpha value is -2.74. The van der Waals surface area contributed by atoms with E-state index in [1.807, 2.05) is 38.4 Å². The van der Waals surface area contributed by atoms with Gasteiger partial charge in [-0.05, 0) is 44.3 Å². The summed E-state index contributed by atoms with van der Waals surface area (Å²) in [5, 5.41) is 6.42. The highest BCUT2D eigenvalue weighted by Crippen LogP contribution is 2.29. The molecule has 0 unspecified atom stereocenters. The highest BCUT2D eigenvalue weighted by atomic mass is 19.4. The third kappa shape index (κ3) is 7.94. The number of likely N-dealkylation sites (N-methyl/N-ethyl adjacent to an activating group) is 1. The van der Waals surface area contributed by atoms with E-state index in [-0.39, 0.29) is 0 Å². The summed E-state index contributed by atoms with van der Waals surface area (Å²) in [4.78, 5) is 6.25. The number of halogens is 3. The number of alkyl halides is 3. The molecule has 5 nitrogen and oxygen atoms in total. The van der Waals surface area contributed by atoms with Crippen LogP contribution in [0.1, 0.15) is 16.7 Å². The second-order valence-corrected chi connectivity index (χ2v) is 7.06. The first-order valence-corrected chi connectivity index (χ1v) is 9.75. The van der Waals surface area contributed by atoms with Crippen LogP contribution in [-0.2, 0) is 19.1 Å². The lowest BCUT2D eigenvalue weighted by Crippen LogP contribution is -2.38. The first kappa shape index (κ1) is 23.5. The molecule has 0 amide bonds. The highest BCUT2D eigenvalue weighted by molar-refractivity contribution is 5.79. The highest BCUT2D eigenvalue weighted by Gasteiger charge is 2.29. The predicted octanol–water partition coefficient (Wildman–Crippen LogP) is 3.55. The van der Waals surface area contributed by atoms with Crippen molar-refractivity contribution >= 4 is 5.96 Å². The van der Waals surface area contributed by atoms with E-state index in [0.29, 0.717) is 32.1 Å². The smallest absolute Gasteiger partial charge is 0.416 e. The Morgan fingerprint density at radius 1 is 1.03 bits per heavy atom. The average molecular weight is 422 g/mol. The van der Waals surface area contributed by atoms with Crippen LogP contribution in [0.3, 0.4) is 0 Å². The van der Waals surface area contributed by atoms with Crippen molar-refractivity contribution in [3.8, 4) is 5.75 Å². The molecule has 2 rings (SSSR count). The van der Waals surface area contributed by atoms with Gasteiger partial charge < -0.3 is 20.3 Å². The van der Waals surface area contributed by atoms with Crippen LogP contribution < -0.4 is 15.4 Å². The molecule has 0 aliphatic heterocycles. The molecule has 0 atom stereocenters. The fourth-order valence-corrected chi connectivity index (χ4v) is 2.71. The minimum atomic E-state index is -4.31. The number of nitrogens with zero attached hydrogens (tertiary/aromatic N) is 2. The molecule has 0 aliphatic rings. The van der Waals surface area contributed by atoms with Crippen molar-refractivity contribution in [3.63, 3.8) is 0 Å². The lowest BCUT2D eigenvalue weighted by molar-refractivity contribution is -0.137. The molecule has 30 heavy (non-hydrogen) atoms. The monoisotopic (exact) mass is 422 g/mol. The first-order valence-electron chi connectivity index (χ1n) is 9.75. The molecular weight excluding hydrogens is 393 g/mol. The van der Waals surface area contributed by atoms with Crippen molar-refractivity contribution in [1.82, 2.24) is 15.5 Å². The lowest BCUT2D eigenvalue weighted by Gasteiger charge is -2.16. The molecule has 0 spiro atoms. The van der Waals surface area contributed by atoms with E-state index in [9.17, 15) is 13.2 Å². The zero-order valence-corrected chi connectivity index (χ0v) is 17.6. The average Bonchev–Trinajstić information content (AvgIpc) is 2.71. The maximum atomic E-state index is 12.6. The first-order chi connectivity index (χ1) is 14.3. The van der Waals surface area contributed by atoms with Gasteiger partial charge in [0.05, 0.1) is 5.56 Å². The van der Waals surface area contributed by atoms with Gasteiger partial charge >= 0.3 is 6.18 Å². The molecule has 2 aromatic carbocycles. The maximum Gasteiger partial charge on any atom is 0.416 e. The summed E-state index contributed by atoms with van der Waals surface area (Å²) < 4.78 is 43.8. The van der Waals surface area contributed by atoms with Crippen LogP contribution in [0.25, 0.3) is 0 Å². The van der Waals surface area contributed by atoms with Gasteiger partial charge in [-0.2, -0.15) is 13.2 Å². The molecule has 0 bridgehead atoms. The normalized spacial score (nSPS) is 12.2. The number of benzene rings is 2. The molecule has 0 aromatic heterocycles. The number of nitrogens with one attached hydrogen (secondary N) is 2. The fraction of sp³-hybridized carbons (Fsp3) is 0.409. The van der Waals surface area contributed by atoms with Crippen molar-refractivity contribution in [3.05, 3.63) is 65.2 Å². The molecular formula is C22H29F3N4O. The summed E-state index contributed by atoms with van der Waals surface area (Å²) in [5.74, 6) is 1.44. The van der Waals surface area contributed by atoms with Crippen LogP contribution in [0.4, 0.5) is 13.2 Å². The van der Waals surface area contributed by atoms with E-state index in [2.05, 4.69) is 20.5 Å². The predicted molar refractivity (Wildman–Crippen MR) is 114 cm³/mol. The second-order valence-electron chi connectivity index (χ2n) is 7.06. The topological polar surface area (TPSA) is 48.9 Å². The third-order valence-electron chi connectivity index (χ3n) is 4.43. The number of ether oxygens (including phenoxy) is 1. The molecule has 2 N–H and O–H groups in total. The summed E-state index contributed by atoms with van der Waals surface area (Å²) in [6.45, 7) is 2.52. The number of para-hydroxylation sites is 1. The van der Waals surface area contributed by atoms with Crippen LogP contribution in [0.2, 0.25) is 0 Å². The van der Waals surface area contributed by atoms with Gasteiger partial charge in [0.1, 0.15) is 12.4 Å². The summed E-state index contributed by atoms with van der Waals surface area (Å²) in [5.41, 5.74) is 1.20. The van der Waals surface area contributed by atoms with Gasteiger partial charge in [0, 0.05) is 32.2 Å². The largest absolute Gasteiger partial charge is 0.492 e. The van der Waals surface area contributed by atoms with E-state index in [0.717, 1.165) is 35.6 Å². The van der Waals surface area contributed by atoms with Gasteiger partial charge in [0.15, 0.2) is 5.96 Å². The molecule has 0 radical (unpaired) electrons. The standard InChI is InChI=1S/C22H29F3N4O/c1-26-21(27-13-12-17-8-10-19(11-9-17)22(23,24)25)28-16-18-6-4-5-7-20(18)30-15-14-29(2)3/h4-11H,12-16H2,1-3H3,(H2,26,27,28). The van der Waals surface area contributed by atoms with E-state index in [4.69, 9.17) is 4.74 Å². The Labute approximate surface area is 176 Å². The van der Waals surface area contributed by atoms with Gasteiger partial charge in [-0.1, -0.05) is 30.3 Å². The minimum absolute atomic E-state index is 0.540. The molecule has 0 fully saturated rings. The van der Waals surface area contributed by atoms with Gasteiger partial charge in [0.2, 0.25) is 0 Å². The van der Waals surface area contributed by atoms with Gasteiger partial charge in [-0.3, -0.25) is 4.99 Å². The number of guanidine groups is 1. The van der Waals surface area contributed by atoms with E-state index < -0.39 is 11.7 Å². The molecule has 8 heteroatoms. The van der Waals surface area contributed by atoms with Crippen LogP contribution >= 0.6 is 0 Å². The van der Waals surface area contributed by atoms with Crippen molar-refractivity contribution in [1.29, 1.82) is 0 Å². The number of aliphatic imine (C=N–C) groups is 1. The molecule has 0 saturated carbocycles. The Morgan fingerprint density at radius 3 is 2.37 bits per heavy atom. The summed E-state index contributed by atoms with van der Waals surface area (Å²) in [6.07, 6.45) is -3.72. The van der Waals surface area contributed by atoms with Crippen LogP contribution in [-0.4, -0.2) is 51.7 Å². The SMILES string of the molecule is CN=C(NCCc1ccc(C(F)(F)F)cc1)NCc1ccccc1OCCN(C)C. The number of hydrogen-bond acceptors (Lipinski definition) is 3. The Morgan fingerprint density at radius 2 is 1.73 bits per heavy atom. The van der Waals surface area contributed by atoms with Crippen molar-refractivity contribution in [2.45, 2.75) is 19.1 Å². The summed E-state index contributed by atoms with van der Waals surface area (Å²) in [7, 11) is 5.67. The number of rotatable bonds is 9. The Balaban J connectivity index is 1.81. The molecule has 164 valence electrons. The third-order valence-corrected chi connectivity index (χ3v) is 4.43. The lowest BCUT2D eigenvalue weighted by atomic mass is 10.1. The van der Waals surface area contributed by atoms with Crippen molar-refractivity contribution in [2.75, 3.05) is 40.8 Å². The van der Waals surface area contributed by atoms with Crippen molar-refractivity contribution in [2.24, 2.45) is 4.99 Å². The maximum absolute atomic E-state index is 12.6. The van der Waals surface area contributed by atoms with Crippen LogP contribution in [0.15, 0.2) is 53.5 Å². The molecule has 0 heterocycles. The molecule has 2 aromatic rings. The van der Waals surface area contributed by atoms with Gasteiger partial charge in [0.25, 0.3) is 0 Å². The quantitative estimate of drug-likeness (QED) is 0.479. The van der Waals surface area contributed by atoms with Crippen LogP contribution in [0, 0.1) is 0 Å². The van der Waals surface area contributed by atoms with E-state index >= 15 is 0 Å². The molecule has 0 aliphatic carbocycles. The van der Waals surface area contributed by atoms with Gasteiger partial charge in [-0.25, -0.2) is 0 Å². The van der Waals surface area contributed by atoms with Crippen molar-refractivity contribution < 1.29 is 17.9 Å².